The normalized spacial score (nSPS) is 9.26. The average Bonchev–Trinajstić information content (AvgIpc) is 2.59. The molecule has 0 spiro atoms. The molecule has 4 nitrogen and oxygen atoms in total. The highest BCUT2D eigenvalue weighted by molar-refractivity contribution is 5.95. The summed E-state index contributed by atoms with van der Waals surface area (Å²) in [5.41, 5.74) is 1.86. The first-order chi connectivity index (χ1) is 11.2. The van der Waals surface area contributed by atoms with Crippen molar-refractivity contribution in [2.45, 2.75) is 6.92 Å². The van der Waals surface area contributed by atoms with Gasteiger partial charge in [0.15, 0.2) is 0 Å². The molecule has 4 heteroatoms. The van der Waals surface area contributed by atoms with E-state index in [1.165, 1.54) is 11.8 Å². The molecule has 23 heavy (non-hydrogen) atoms. The molecule has 0 aliphatic heterocycles. The Kier molecular flexibility index (Phi) is 5.39. The third-order valence-electron chi connectivity index (χ3n) is 3.23. The molecule has 2 aromatic rings. The number of carbonyl (C=O) groups is 1. The van der Waals surface area contributed by atoms with Gasteiger partial charge in [0.2, 0.25) is 11.6 Å². The average molecular weight is 304 g/mol. The number of anilines is 1. The third kappa shape index (κ3) is 4.12. The first kappa shape index (κ1) is 16.1. The Labute approximate surface area is 136 Å². The van der Waals surface area contributed by atoms with Crippen molar-refractivity contribution in [3.63, 3.8) is 0 Å². The standard InChI is InChI=1S/C19H16N2O2/c1-15(22)21(19-9-5-4-8-18(19)20-2)14-6-7-16-10-12-17(23-3)13-11-16/h4-5,8-13H,14H2,1,3H3. The number of amides is 1. The monoisotopic (exact) mass is 304 g/mol. The SMILES string of the molecule is [C-]#[N+]c1ccccc1N(CC#Cc1ccc(OC)cc1)C(C)=O. The Balaban J connectivity index is 2.20. The number of rotatable bonds is 3. The highest BCUT2D eigenvalue weighted by atomic mass is 16.5. The molecule has 0 saturated heterocycles. The summed E-state index contributed by atoms with van der Waals surface area (Å²) in [7, 11) is 1.61. The van der Waals surface area contributed by atoms with Crippen molar-refractivity contribution >= 4 is 17.3 Å². The van der Waals surface area contributed by atoms with Crippen LogP contribution in [0.1, 0.15) is 12.5 Å². The topological polar surface area (TPSA) is 33.9 Å². The Morgan fingerprint density at radius 2 is 1.91 bits per heavy atom. The molecule has 114 valence electrons. The summed E-state index contributed by atoms with van der Waals surface area (Å²) in [6.07, 6.45) is 0. The molecule has 0 aromatic heterocycles. The van der Waals surface area contributed by atoms with Crippen LogP contribution in [-0.2, 0) is 4.79 Å². The second kappa shape index (κ2) is 7.68. The molecule has 0 saturated carbocycles. The number of carbonyl (C=O) groups excluding carboxylic acids is 1. The van der Waals surface area contributed by atoms with Crippen LogP contribution in [0.4, 0.5) is 11.4 Å². The molecule has 2 aromatic carbocycles. The van der Waals surface area contributed by atoms with Gasteiger partial charge in [-0.05, 0) is 30.3 Å². The molecule has 0 fully saturated rings. The maximum Gasteiger partial charge on any atom is 0.223 e. The minimum atomic E-state index is -0.148. The van der Waals surface area contributed by atoms with Gasteiger partial charge < -0.3 is 9.64 Å². The predicted octanol–water partition coefficient (Wildman–Crippen LogP) is 3.65. The number of hydrogen-bond donors (Lipinski definition) is 0. The maximum absolute atomic E-state index is 11.9. The largest absolute Gasteiger partial charge is 0.497 e. The third-order valence-corrected chi connectivity index (χ3v) is 3.23. The zero-order chi connectivity index (χ0) is 16.7. The molecule has 0 heterocycles. The number of ether oxygens (including phenoxy) is 1. The number of para-hydroxylation sites is 2. The van der Waals surface area contributed by atoms with E-state index < -0.39 is 0 Å². The number of hydrogen-bond acceptors (Lipinski definition) is 2. The lowest BCUT2D eigenvalue weighted by Crippen LogP contribution is -2.28. The Hall–Kier alpha value is -3.24. The number of methoxy groups -OCH3 is 1. The molecule has 0 unspecified atom stereocenters. The quantitative estimate of drug-likeness (QED) is 0.640. The molecule has 1 amide bonds. The molecular formula is C19H16N2O2. The Bertz CT molecular complexity index is 793. The summed E-state index contributed by atoms with van der Waals surface area (Å²) in [6.45, 7) is 8.91. The van der Waals surface area contributed by atoms with Gasteiger partial charge in [-0.3, -0.25) is 4.79 Å². The van der Waals surface area contributed by atoms with Crippen LogP contribution in [-0.4, -0.2) is 19.6 Å². The van der Waals surface area contributed by atoms with Crippen LogP contribution >= 0.6 is 0 Å². The van der Waals surface area contributed by atoms with E-state index in [1.54, 1.807) is 31.4 Å². The summed E-state index contributed by atoms with van der Waals surface area (Å²) in [5.74, 6) is 6.62. The van der Waals surface area contributed by atoms with Crippen molar-refractivity contribution in [2.24, 2.45) is 0 Å². The minimum absolute atomic E-state index is 0.148. The fourth-order valence-corrected chi connectivity index (χ4v) is 2.05. The van der Waals surface area contributed by atoms with Crippen LogP contribution in [0.5, 0.6) is 5.75 Å². The first-order valence-corrected chi connectivity index (χ1v) is 7.03. The molecule has 0 radical (unpaired) electrons. The zero-order valence-electron chi connectivity index (χ0n) is 13.0. The molecule has 2 rings (SSSR count). The fourth-order valence-electron chi connectivity index (χ4n) is 2.05. The molecular weight excluding hydrogens is 288 g/mol. The van der Waals surface area contributed by atoms with Gasteiger partial charge in [0.1, 0.15) is 5.75 Å². The van der Waals surface area contributed by atoms with Crippen LogP contribution in [0, 0.1) is 18.4 Å². The van der Waals surface area contributed by atoms with E-state index in [-0.39, 0.29) is 12.5 Å². The lowest BCUT2D eigenvalue weighted by molar-refractivity contribution is -0.116. The smallest absolute Gasteiger partial charge is 0.223 e. The summed E-state index contributed by atoms with van der Waals surface area (Å²) in [4.78, 5) is 16.8. The summed E-state index contributed by atoms with van der Waals surface area (Å²) in [5, 5.41) is 0. The van der Waals surface area contributed by atoms with E-state index in [1.807, 2.05) is 24.3 Å². The summed E-state index contributed by atoms with van der Waals surface area (Å²) in [6, 6.07) is 14.4. The van der Waals surface area contributed by atoms with E-state index in [4.69, 9.17) is 11.3 Å². The van der Waals surface area contributed by atoms with Gasteiger partial charge in [0.25, 0.3) is 0 Å². The lowest BCUT2D eigenvalue weighted by atomic mass is 10.2. The number of benzene rings is 2. The Morgan fingerprint density at radius 1 is 1.22 bits per heavy atom. The molecule has 0 N–H and O–H groups in total. The minimum Gasteiger partial charge on any atom is -0.497 e. The van der Waals surface area contributed by atoms with Crippen molar-refractivity contribution in [1.29, 1.82) is 0 Å². The van der Waals surface area contributed by atoms with Gasteiger partial charge in [-0.1, -0.05) is 30.0 Å². The molecule has 0 aliphatic rings. The van der Waals surface area contributed by atoms with Gasteiger partial charge in [-0.25, -0.2) is 4.85 Å². The van der Waals surface area contributed by atoms with Crippen LogP contribution in [0.25, 0.3) is 4.85 Å². The van der Waals surface area contributed by atoms with Crippen LogP contribution in [0.2, 0.25) is 0 Å². The van der Waals surface area contributed by atoms with Crippen molar-refractivity contribution in [2.75, 3.05) is 18.6 Å². The van der Waals surface area contributed by atoms with Crippen molar-refractivity contribution < 1.29 is 9.53 Å². The van der Waals surface area contributed by atoms with Gasteiger partial charge in [-0.2, -0.15) is 0 Å². The predicted molar refractivity (Wildman–Crippen MR) is 90.6 cm³/mol. The fraction of sp³-hybridized carbons (Fsp3) is 0.158. The second-order valence-electron chi connectivity index (χ2n) is 4.74. The highest BCUT2D eigenvalue weighted by Gasteiger charge is 2.13. The van der Waals surface area contributed by atoms with Crippen molar-refractivity contribution in [3.8, 4) is 17.6 Å². The maximum atomic E-state index is 11.9. The van der Waals surface area contributed by atoms with Gasteiger partial charge in [-0.15, -0.1) is 0 Å². The second-order valence-corrected chi connectivity index (χ2v) is 4.74. The number of nitrogens with zero attached hydrogens (tertiary/aromatic N) is 2. The van der Waals surface area contributed by atoms with Crippen LogP contribution in [0.15, 0.2) is 48.5 Å². The molecule has 0 aliphatic carbocycles. The van der Waals surface area contributed by atoms with Crippen molar-refractivity contribution in [3.05, 3.63) is 65.5 Å². The van der Waals surface area contributed by atoms with E-state index >= 15 is 0 Å². The molecule has 0 atom stereocenters. The van der Waals surface area contributed by atoms with Crippen LogP contribution < -0.4 is 9.64 Å². The van der Waals surface area contributed by atoms with Gasteiger partial charge in [0.05, 0.1) is 25.9 Å². The highest BCUT2D eigenvalue weighted by Crippen LogP contribution is 2.28. The summed E-state index contributed by atoms with van der Waals surface area (Å²) >= 11 is 0. The van der Waals surface area contributed by atoms with E-state index in [0.29, 0.717) is 11.4 Å². The van der Waals surface area contributed by atoms with Crippen molar-refractivity contribution in [1.82, 2.24) is 0 Å². The van der Waals surface area contributed by atoms with Crippen LogP contribution in [0.3, 0.4) is 0 Å². The van der Waals surface area contributed by atoms with Gasteiger partial charge in [0, 0.05) is 12.5 Å². The molecule has 0 bridgehead atoms. The van der Waals surface area contributed by atoms with E-state index in [0.717, 1.165) is 11.3 Å². The zero-order valence-corrected chi connectivity index (χ0v) is 13.0. The Morgan fingerprint density at radius 3 is 2.52 bits per heavy atom. The van der Waals surface area contributed by atoms with E-state index in [9.17, 15) is 4.79 Å². The first-order valence-electron chi connectivity index (χ1n) is 7.03. The lowest BCUT2D eigenvalue weighted by Gasteiger charge is -2.19. The van der Waals surface area contributed by atoms with Gasteiger partial charge >= 0.3 is 0 Å². The van der Waals surface area contributed by atoms with E-state index in [2.05, 4.69) is 16.7 Å². The summed E-state index contributed by atoms with van der Waals surface area (Å²) < 4.78 is 5.10.